The van der Waals surface area contributed by atoms with Crippen molar-refractivity contribution in [2.24, 2.45) is 5.73 Å². The molecule has 8 heteroatoms. The molecule has 0 bridgehead atoms. The van der Waals surface area contributed by atoms with E-state index >= 15 is 0 Å². The van der Waals surface area contributed by atoms with Gasteiger partial charge in [0.2, 0.25) is 5.91 Å². The van der Waals surface area contributed by atoms with E-state index in [1.54, 1.807) is 19.1 Å². The molecule has 0 heterocycles. The molecule has 3 amide bonds. The number of carboxylic acid groups (broad SMARTS) is 1. The Labute approximate surface area is 120 Å². The van der Waals surface area contributed by atoms with Gasteiger partial charge in [-0.1, -0.05) is 17.7 Å². The van der Waals surface area contributed by atoms with Crippen molar-refractivity contribution in [2.45, 2.75) is 19.4 Å². The van der Waals surface area contributed by atoms with Crippen molar-refractivity contribution in [1.82, 2.24) is 5.32 Å². The van der Waals surface area contributed by atoms with Crippen molar-refractivity contribution < 1.29 is 19.5 Å². The number of nitrogens with two attached hydrogens (primary N) is 1. The lowest BCUT2D eigenvalue weighted by Gasteiger charge is -2.14. The molecule has 0 saturated heterocycles. The lowest BCUT2D eigenvalue weighted by Crippen LogP contribution is -2.45. The van der Waals surface area contributed by atoms with E-state index < -0.39 is 30.4 Å². The number of benzene rings is 1. The number of primary amides is 1. The lowest BCUT2D eigenvalue weighted by molar-refractivity contribution is -0.140. The molecule has 0 aromatic heterocycles. The number of urea groups is 1. The minimum absolute atomic E-state index is 0.404. The van der Waals surface area contributed by atoms with Crippen LogP contribution in [0.25, 0.3) is 0 Å². The van der Waals surface area contributed by atoms with Gasteiger partial charge in [-0.3, -0.25) is 4.79 Å². The van der Waals surface area contributed by atoms with E-state index in [9.17, 15) is 14.4 Å². The van der Waals surface area contributed by atoms with Crippen LogP contribution in [0, 0.1) is 6.92 Å². The van der Waals surface area contributed by atoms with E-state index in [-0.39, 0.29) is 0 Å². The number of carbonyl (C=O) groups is 3. The van der Waals surface area contributed by atoms with Crippen molar-refractivity contribution in [3.63, 3.8) is 0 Å². The fraction of sp³-hybridized carbons (Fsp3) is 0.250. The van der Waals surface area contributed by atoms with Gasteiger partial charge < -0.3 is 21.5 Å². The van der Waals surface area contributed by atoms with E-state index in [0.29, 0.717) is 10.7 Å². The Hall–Kier alpha value is -2.28. The predicted octanol–water partition coefficient (Wildman–Crippen LogP) is 1.10. The van der Waals surface area contributed by atoms with Crippen molar-refractivity contribution in [3.05, 3.63) is 28.8 Å². The second-order valence-electron chi connectivity index (χ2n) is 4.12. The number of nitrogens with one attached hydrogen (secondary N) is 2. The Morgan fingerprint density at radius 3 is 2.55 bits per heavy atom. The molecule has 0 saturated carbocycles. The average Bonchev–Trinajstić information content (AvgIpc) is 2.32. The summed E-state index contributed by atoms with van der Waals surface area (Å²) in [5.41, 5.74) is 6.15. The van der Waals surface area contributed by atoms with Crippen molar-refractivity contribution in [3.8, 4) is 0 Å². The second kappa shape index (κ2) is 6.76. The highest BCUT2D eigenvalue weighted by atomic mass is 35.5. The number of hydrogen-bond donors (Lipinski definition) is 4. The highest BCUT2D eigenvalue weighted by Crippen LogP contribution is 2.19. The molecule has 0 fully saturated rings. The Morgan fingerprint density at radius 1 is 1.40 bits per heavy atom. The van der Waals surface area contributed by atoms with E-state index in [1.807, 2.05) is 0 Å². The zero-order valence-electron chi connectivity index (χ0n) is 10.6. The normalized spacial score (nSPS) is 11.5. The van der Waals surface area contributed by atoms with Crippen LogP contribution < -0.4 is 16.4 Å². The molecule has 108 valence electrons. The van der Waals surface area contributed by atoms with E-state index in [4.69, 9.17) is 22.4 Å². The first kappa shape index (κ1) is 15.8. The van der Waals surface area contributed by atoms with Crippen LogP contribution in [-0.4, -0.2) is 29.1 Å². The summed E-state index contributed by atoms with van der Waals surface area (Å²) in [6.45, 7) is 1.81. The molecule has 7 nitrogen and oxygen atoms in total. The molecule has 5 N–H and O–H groups in total. The fourth-order valence-electron chi connectivity index (χ4n) is 1.40. The number of rotatable bonds is 5. The van der Waals surface area contributed by atoms with E-state index in [1.165, 1.54) is 6.07 Å². The average molecular weight is 300 g/mol. The molecule has 0 aliphatic rings. The largest absolute Gasteiger partial charge is 0.480 e. The first-order chi connectivity index (χ1) is 9.29. The first-order valence-corrected chi connectivity index (χ1v) is 6.02. The molecule has 1 aromatic rings. The van der Waals surface area contributed by atoms with Crippen molar-refractivity contribution in [1.29, 1.82) is 0 Å². The number of aryl methyl sites for hydroxylation is 1. The van der Waals surface area contributed by atoms with Crippen LogP contribution in [0.4, 0.5) is 10.5 Å². The predicted molar refractivity (Wildman–Crippen MR) is 73.6 cm³/mol. The molecule has 1 aromatic carbocycles. The van der Waals surface area contributed by atoms with Gasteiger partial charge in [0.25, 0.3) is 0 Å². The minimum Gasteiger partial charge on any atom is -0.480 e. The molecule has 0 aliphatic carbocycles. The van der Waals surface area contributed by atoms with Gasteiger partial charge in [0.1, 0.15) is 6.04 Å². The number of carboxylic acids is 1. The summed E-state index contributed by atoms with van der Waals surface area (Å²) in [5, 5.41) is 13.9. The third kappa shape index (κ3) is 4.77. The van der Waals surface area contributed by atoms with Crippen molar-refractivity contribution in [2.75, 3.05) is 5.32 Å². The van der Waals surface area contributed by atoms with Crippen LogP contribution in [-0.2, 0) is 9.59 Å². The summed E-state index contributed by atoms with van der Waals surface area (Å²) < 4.78 is 0. The second-order valence-corrected chi connectivity index (χ2v) is 4.53. The topological polar surface area (TPSA) is 122 Å². The highest BCUT2D eigenvalue weighted by Gasteiger charge is 2.22. The minimum atomic E-state index is -1.38. The third-order valence-electron chi connectivity index (χ3n) is 2.44. The van der Waals surface area contributed by atoms with Gasteiger partial charge >= 0.3 is 12.0 Å². The Morgan fingerprint density at radius 2 is 2.05 bits per heavy atom. The summed E-state index contributed by atoms with van der Waals surface area (Å²) in [6.07, 6.45) is -0.489. The molecule has 1 rings (SSSR count). The maximum absolute atomic E-state index is 11.6. The Balaban J connectivity index is 2.67. The van der Waals surface area contributed by atoms with Gasteiger partial charge in [-0.05, 0) is 24.6 Å². The maximum Gasteiger partial charge on any atom is 0.326 e. The molecule has 0 radical (unpaired) electrons. The molecule has 20 heavy (non-hydrogen) atoms. The van der Waals surface area contributed by atoms with Crippen LogP contribution in [0.2, 0.25) is 5.02 Å². The summed E-state index contributed by atoms with van der Waals surface area (Å²) in [6, 6.07) is 2.70. The zero-order chi connectivity index (χ0) is 15.3. The van der Waals surface area contributed by atoms with Crippen LogP contribution in [0.15, 0.2) is 18.2 Å². The van der Waals surface area contributed by atoms with Gasteiger partial charge in [0, 0.05) is 10.7 Å². The van der Waals surface area contributed by atoms with Gasteiger partial charge in [0.15, 0.2) is 0 Å². The fourth-order valence-corrected chi connectivity index (χ4v) is 1.58. The Bertz CT molecular complexity index is 548. The number of aliphatic carboxylic acids is 1. The summed E-state index contributed by atoms with van der Waals surface area (Å²) in [5.74, 6) is -2.17. The molecule has 0 aliphatic heterocycles. The van der Waals surface area contributed by atoms with Crippen molar-refractivity contribution >= 4 is 35.2 Å². The smallest absolute Gasteiger partial charge is 0.326 e. The van der Waals surface area contributed by atoms with Crippen LogP contribution in [0.5, 0.6) is 0 Å². The quantitative estimate of drug-likeness (QED) is 0.650. The summed E-state index contributed by atoms with van der Waals surface area (Å²) >= 11 is 5.90. The van der Waals surface area contributed by atoms with Crippen LogP contribution >= 0.6 is 11.6 Å². The standard InChI is InChI=1S/C12H14ClN3O4/c1-6-2-3-7(4-8(6)13)15-12(20)16-9(11(18)19)5-10(14)17/h2-4,9H,5H2,1H3,(H2,14,17)(H,18,19)(H2,15,16,20)/t9-/m0/s1. The number of halogens is 1. The van der Waals surface area contributed by atoms with Crippen LogP contribution in [0.3, 0.4) is 0 Å². The summed E-state index contributed by atoms with van der Waals surface area (Å²) in [4.78, 5) is 33.2. The third-order valence-corrected chi connectivity index (χ3v) is 2.85. The molecular formula is C12H14ClN3O4. The molecule has 0 unspecified atom stereocenters. The number of anilines is 1. The lowest BCUT2D eigenvalue weighted by atomic mass is 10.2. The summed E-state index contributed by atoms with van der Waals surface area (Å²) in [7, 11) is 0. The zero-order valence-corrected chi connectivity index (χ0v) is 11.4. The van der Waals surface area contributed by atoms with Gasteiger partial charge in [-0.2, -0.15) is 0 Å². The monoisotopic (exact) mass is 299 g/mol. The Kier molecular flexibility index (Phi) is 5.33. The van der Waals surface area contributed by atoms with Gasteiger partial charge in [-0.25, -0.2) is 9.59 Å². The highest BCUT2D eigenvalue weighted by molar-refractivity contribution is 6.31. The number of hydrogen-bond acceptors (Lipinski definition) is 3. The molecule has 0 spiro atoms. The first-order valence-electron chi connectivity index (χ1n) is 5.64. The number of carbonyl (C=O) groups excluding carboxylic acids is 2. The number of amides is 3. The van der Waals surface area contributed by atoms with E-state index in [0.717, 1.165) is 5.56 Å². The van der Waals surface area contributed by atoms with E-state index in [2.05, 4.69) is 10.6 Å². The SMILES string of the molecule is Cc1ccc(NC(=O)N[C@@H](CC(N)=O)C(=O)O)cc1Cl. The van der Waals surface area contributed by atoms with Gasteiger partial charge in [0.05, 0.1) is 6.42 Å². The van der Waals surface area contributed by atoms with Crippen LogP contribution in [0.1, 0.15) is 12.0 Å². The molecular weight excluding hydrogens is 286 g/mol. The van der Waals surface area contributed by atoms with Gasteiger partial charge in [-0.15, -0.1) is 0 Å². The maximum atomic E-state index is 11.6. The molecule has 1 atom stereocenters.